The Morgan fingerprint density at radius 1 is 1.16 bits per heavy atom. The molecular formula is C18H37N. The van der Waals surface area contributed by atoms with Gasteiger partial charge < -0.3 is 5.73 Å². The first-order valence-electron chi connectivity index (χ1n) is 8.58. The zero-order valence-electron chi connectivity index (χ0n) is 14.2. The van der Waals surface area contributed by atoms with E-state index in [1.54, 1.807) is 0 Å². The van der Waals surface area contributed by atoms with E-state index < -0.39 is 0 Å². The molecule has 0 heterocycles. The first-order chi connectivity index (χ1) is 8.79. The first-order valence-corrected chi connectivity index (χ1v) is 8.58. The summed E-state index contributed by atoms with van der Waals surface area (Å²) in [6.07, 6.45) is 8.11. The van der Waals surface area contributed by atoms with E-state index in [0.717, 1.165) is 23.7 Å². The van der Waals surface area contributed by atoms with Gasteiger partial charge in [-0.1, -0.05) is 60.3 Å². The van der Waals surface area contributed by atoms with Gasteiger partial charge in [0.15, 0.2) is 0 Å². The normalized spacial score (nSPS) is 37.6. The molecule has 19 heavy (non-hydrogen) atoms. The van der Waals surface area contributed by atoms with Gasteiger partial charge in [-0.15, -0.1) is 0 Å². The molecular weight excluding hydrogens is 230 g/mol. The lowest BCUT2D eigenvalue weighted by molar-refractivity contribution is 0.0427. The summed E-state index contributed by atoms with van der Waals surface area (Å²) >= 11 is 0. The maximum Gasteiger partial charge on any atom is 0.0154 e. The molecule has 0 bridgehead atoms. The van der Waals surface area contributed by atoms with Crippen LogP contribution in [0.25, 0.3) is 0 Å². The average Bonchev–Trinajstić information content (AvgIpc) is 2.32. The van der Waals surface area contributed by atoms with Crippen LogP contribution < -0.4 is 5.73 Å². The zero-order chi connectivity index (χ0) is 14.6. The molecule has 0 aliphatic heterocycles. The van der Waals surface area contributed by atoms with Gasteiger partial charge in [0.25, 0.3) is 0 Å². The lowest BCUT2D eigenvalue weighted by atomic mass is 9.59. The molecule has 0 amide bonds. The Balaban J connectivity index is 2.68. The monoisotopic (exact) mass is 267 g/mol. The van der Waals surface area contributed by atoms with Crippen LogP contribution >= 0.6 is 0 Å². The van der Waals surface area contributed by atoms with Gasteiger partial charge in [-0.3, -0.25) is 0 Å². The SMILES string of the molecule is CCCCCC(C)C1CC(C)C(C)(N)CC1C(C)C. The Morgan fingerprint density at radius 3 is 2.32 bits per heavy atom. The average molecular weight is 268 g/mol. The molecule has 114 valence electrons. The highest BCUT2D eigenvalue weighted by atomic mass is 14.8. The van der Waals surface area contributed by atoms with Crippen LogP contribution in [-0.4, -0.2) is 5.54 Å². The topological polar surface area (TPSA) is 26.0 Å². The van der Waals surface area contributed by atoms with Crippen LogP contribution in [0.3, 0.4) is 0 Å². The van der Waals surface area contributed by atoms with Gasteiger partial charge in [-0.25, -0.2) is 0 Å². The standard InChI is InChI=1S/C18H37N/c1-7-8-9-10-14(4)16-11-15(5)18(6,19)12-17(16)13(2)3/h13-17H,7-12,19H2,1-6H3. The molecule has 5 atom stereocenters. The molecule has 1 rings (SSSR count). The summed E-state index contributed by atoms with van der Waals surface area (Å²) in [5.74, 6) is 4.03. The third-order valence-electron chi connectivity index (χ3n) is 5.83. The molecule has 0 aromatic heterocycles. The quantitative estimate of drug-likeness (QED) is 0.654. The van der Waals surface area contributed by atoms with Gasteiger partial charge in [-0.05, 0) is 49.4 Å². The van der Waals surface area contributed by atoms with Crippen molar-refractivity contribution in [2.45, 2.75) is 85.6 Å². The van der Waals surface area contributed by atoms with E-state index in [1.807, 2.05) is 0 Å². The summed E-state index contributed by atoms with van der Waals surface area (Å²) in [6, 6.07) is 0. The molecule has 1 aliphatic carbocycles. The molecule has 1 nitrogen and oxygen atoms in total. The minimum Gasteiger partial charge on any atom is -0.325 e. The second-order valence-electron chi connectivity index (χ2n) is 7.89. The van der Waals surface area contributed by atoms with Crippen LogP contribution in [0.4, 0.5) is 0 Å². The molecule has 1 aliphatic rings. The molecule has 0 saturated heterocycles. The highest BCUT2D eigenvalue weighted by Crippen LogP contribution is 2.46. The molecule has 1 fully saturated rings. The van der Waals surface area contributed by atoms with Crippen molar-refractivity contribution in [2.24, 2.45) is 35.3 Å². The molecule has 5 unspecified atom stereocenters. The maximum atomic E-state index is 6.53. The van der Waals surface area contributed by atoms with Crippen molar-refractivity contribution in [1.29, 1.82) is 0 Å². The minimum absolute atomic E-state index is 0.0502. The van der Waals surface area contributed by atoms with E-state index in [9.17, 15) is 0 Å². The summed E-state index contributed by atoms with van der Waals surface area (Å²) in [5.41, 5.74) is 6.58. The molecule has 2 N–H and O–H groups in total. The fourth-order valence-electron chi connectivity index (χ4n) is 4.03. The van der Waals surface area contributed by atoms with E-state index >= 15 is 0 Å². The van der Waals surface area contributed by atoms with Gasteiger partial charge in [-0.2, -0.15) is 0 Å². The Labute approximate surface area is 121 Å². The number of unbranched alkanes of at least 4 members (excludes halogenated alkanes) is 2. The summed E-state index contributed by atoms with van der Waals surface area (Å²) in [5, 5.41) is 0. The second kappa shape index (κ2) is 7.11. The largest absolute Gasteiger partial charge is 0.325 e. The molecule has 0 spiro atoms. The number of hydrogen-bond donors (Lipinski definition) is 1. The lowest BCUT2D eigenvalue weighted by Crippen LogP contribution is -2.52. The fourth-order valence-corrected chi connectivity index (χ4v) is 4.03. The van der Waals surface area contributed by atoms with Gasteiger partial charge in [0, 0.05) is 5.54 Å². The Bertz CT molecular complexity index is 256. The third kappa shape index (κ3) is 4.48. The Hall–Kier alpha value is -0.0400. The van der Waals surface area contributed by atoms with Crippen LogP contribution in [-0.2, 0) is 0 Å². The Morgan fingerprint density at radius 2 is 1.79 bits per heavy atom. The van der Waals surface area contributed by atoms with E-state index in [1.165, 1.54) is 38.5 Å². The van der Waals surface area contributed by atoms with E-state index in [-0.39, 0.29) is 5.54 Å². The second-order valence-corrected chi connectivity index (χ2v) is 7.89. The highest BCUT2D eigenvalue weighted by Gasteiger charge is 2.42. The predicted molar refractivity (Wildman–Crippen MR) is 86.1 cm³/mol. The summed E-state index contributed by atoms with van der Waals surface area (Å²) in [6.45, 7) is 14.2. The van der Waals surface area contributed by atoms with Crippen molar-refractivity contribution in [3.8, 4) is 0 Å². The van der Waals surface area contributed by atoms with E-state index in [2.05, 4.69) is 41.5 Å². The number of rotatable bonds is 6. The Kier molecular flexibility index (Phi) is 6.36. The van der Waals surface area contributed by atoms with Gasteiger partial charge in [0.1, 0.15) is 0 Å². The lowest BCUT2D eigenvalue weighted by Gasteiger charge is -2.49. The molecule has 0 aromatic carbocycles. The van der Waals surface area contributed by atoms with Crippen molar-refractivity contribution in [3.05, 3.63) is 0 Å². The van der Waals surface area contributed by atoms with Crippen LogP contribution in [0, 0.1) is 29.6 Å². The van der Waals surface area contributed by atoms with Crippen LogP contribution in [0.1, 0.15) is 80.1 Å². The van der Waals surface area contributed by atoms with Crippen LogP contribution in [0.5, 0.6) is 0 Å². The summed E-state index contributed by atoms with van der Waals surface area (Å²) < 4.78 is 0. The van der Waals surface area contributed by atoms with E-state index in [0.29, 0.717) is 5.92 Å². The predicted octanol–water partition coefficient (Wildman–Crippen LogP) is 5.24. The zero-order valence-corrected chi connectivity index (χ0v) is 14.2. The number of nitrogens with two attached hydrogens (primary N) is 1. The van der Waals surface area contributed by atoms with Crippen molar-refractivity contribution < 1.29 is 0 Å². The fraction of sp³-hybridized carbons (Fsp3) is 1.00. The highest BCUT2D eigenvalue weighted by molar-refractivity contribution is 4.97. The third-order valence-corrected chi connectivity index (χ3v) is 5.83. The molecule has 1 saturated carbocycles. The van der Waals surface area contributed by atoms with Gasteiger partial charge in [0.05, 0.1) is 0 Å². The summed E-state index contributed by atoms with van der Waals surface area (Å²) in [7, 11) is 0. The van der Waals surface area contributed by atoms with Crippen LogP contribution in [0.15, 0.2) is 0 Å². The molecule has 1 heteroatoms. The van der Waals surface area contributed by atoms with Crippen LogP contribution in [0.2, 0.25) is 0 Å². The first kappa shape index (κ1) is 17.0. The number of hydrogen-bond acceptors (Lipinski definition) is 1. The van der Waals surface area contributed by atoms with Gasteiger partial charge >= 0.3 is 0 Å². The van der Waals surface area contributed by atoms with Crippen molar-refractivity contribution in [2.75, 3.05) is 0 Å². The van der Waals surface area contributed by atoms with Gasteiger partial charge in [0.2, 0.25) is 0 Å². The maximum absolute atomic E-state index is 6.53. The molecule has 0 radical (unpaired) electrons. The van der Waals surface area contributed by atoms with Crippen molar-refractivity contribution in [1.82, 2.24) is 0 Å². The smallest absolute Gasteiger partial charge is 0.0154 e. The minimum atomic E-state index is 0.0502. The van der Waals surface area contributed by atoms with Crippen molar-refractivity contribution >= 4 is 0 Å². The van der Waals surface area contributed by atoms with E-state index in [4.69, 9.17) is 5.73 Å². The van der Waals surface area contributed by atoms with Crippen molar-refractivity contribution in [3.63, 3.8) is 0 Å². The molecule has 0 aromatic rings. The summed E-state index contributed by atoms with van der Waals surface area (Å²) in [4.78, 5) is 0.